The Morgan fingerprint density at radius 1 is 1.16 bits per heavy atom. The Balaban J connectivity index is 1.41. The number of fused-ring (bicyclic) bond motifs is 3. The monoisotopic (exact) mass is 520 g/mol. The highest BCUT2D eigenvalue weighted by molar-refractivity contribution is 7.15. The van der Waals surface area contributed by atoms with E-state index in [2.05, 4.69) is 32.4 Å². The second-order valence-corrected chi connectivity index (χ2v) is 11.2. The van der Waals surface area contributed by atoms with Crippen molar-refractivity contribution in [3.05, 3.63) is 28.7 Å². The van der Waals surface area contributed by atoms with Crippen LogP contribution in [0.5, 0.6) is 0 Å². The summed E-state index contributed by atoms with van der Waals surface area (Å²) in [5.74, 6) is 0.660. The largest absolute Gasteiger partial charge is 0.356 e. The average molecular weight is 521 g/mol. The molecule has 0 saturated heterocycles. The van der Waals surface area contributed by atoms with E-state index in [0.717, 1.165) is 58.3 Å². The topological polar surface area (TPSA) is 110 Å². The van der Waals surface area contributed by atoms with Crippen LogP contribution in [0.25, 0.3) is 22.1 Å². The molecule has 0 unspecified atom stereocenters. The zero-order valence-corrected chi connectivity index (χ0v) is 22.5. The van der Waals surface area contributed by atoms with Gasteiger partial charge < -0.3 is 24.7 Å². The van der Waals surface area contributed by atoms with Gasteiger partial charge in [0.25, 0.3) is 5.91 Å². The zero-order valence-electron chi connectivity index (χ0n) is 21.7. The molecule has 0 bridgehead atoms. The number of carbonyl (C=O) groups excluding carboxylic acids is 2. The molecule has 2 fully saturated rings. The number of anilines is 2. The lowest BCUT2D eigenvalue weighted by molar-refractivity contribution is -0.120. The summed E-state index contributed by atoms with van der Waals surface area (Å²) in [4.78, 5) is 43.3. The molecule has 194 valence electrons. The lowest BCUT2D eigenvalue weighted by atomic mass is 10.2. The maximum Gasteiger partial charge on any atom is 0.271 e. The number of rotatable bonds is 9. The summed E-state index contributed by atoms with van der Waals surface area (Å²) in [6.07, 6.45) is 6.41. The fourth-order valence-corrected chi connectivity index (χ4v) is 5.95. The van der Waals surface area contributed by atoms with Crippen LogP contribution in [0.1, 0.15) is 60.6 Å². The van der Waals surface area contributed by atoms with Crippen LogP contribution >= 0.6 is 11.3 Å². The molecule has 2 N–H and O–H groups in total. The summed E-state index contributed by atoms with van der Waals surface area (Å²) in [6.45, 7) is 7.15. The predicted molar refractivity (Wildman–Crippen MR) is 144 cm³/mol. The van der Waals surface area contributed by atoms with Crippen molar-refractivity contribution in [2.75, 3.05) is 11.9 Å². The molecule has 4 aromatic heterocycles. The summed E-state index contributed by atoms with van der Waals surface area (Å²) >= 11 is 1.49. The number of hydrogen-bond acceptors (Lipinski definition) is 7. The quantitative estimate of drug-likeness (QED) is 0.346. The third-order valence-electron chi connectivity index (χ3n) is 7.17. The van der Waals surface area contributed by atoms with Gasteiger partial charge in [0.2, 0.25) is 5.91 Å². The maximum atomic E-state index is 13.8. The molecule has 11 heteroatoms. The van der Waals surface area contributed by atoms with Crippen molar-refractivity contribution in [2.24, 2.45) is 7.05 Å². The highest BCUT2D eigenvalue weighted by Crippen LogP contribution is 2.40. The minimum absolute atomic E-state index is 0.0430. The number of hydrogen-bond donors (Lipinski definition) is 2. The van der Waals surface area contributed by atoms with Crippen LogP contribution < -0.4 is 10.6 Å². The number of pyridine rings is 1. The Labute approximate surface area is 219 Å². The van der Waals surface area contributed by atoms with Gasteiger partial charge in [0, 0.05) is 42.5 Å². The molecule has 4 heterocycles. The molecule has 37 heavy (non-hydrogen) atoms. The van der Waals surface area contributed by atoms with Gasteiger partial charge in [0.05, 0.1) is 24.0 Å². The summed E-state index contributed by atoms with van der Waals surface area (Å²) in [5, 5.41) is 7.78. The van der Waals surface area contributed by atoms with Crippen molar-refractivity contribution in [1.29, 1.82) is 0 Å². The van der Waals surface area contributed by atoms with Crippen molar-refractivity contribution in [1.82, 2.24) is 34.3 Å². The zero-order chi connectivity index (χ0) is 25.8. The molecule has 2 amide bonds. The van der Waals surface area contributed by atoms with Gasteiger partial charge in [0.1, 0.15) is 16.9 Å². The number of imidazole rings is 1. The van der Waals surface area contributed by atoms with Gasteiger partial charge in [-0.05, 0) is 52.5 Å². The fraction of sp³-hybridized carbons (Fsp3) is 0.500. The van der Waals surface area contributed by atoms with Crippen LogP contribution in [0.2, 0.25) is 0 Å². The van der Waals surface area contributed by atoms with Gasteiger partial charge in [-0.1, -0.05) is 0 Å². The number of thiazole rings is 1. The average Bonchev–Trinajstić information content (AvgIpc) is 3.78. The predicted octanol–water partition coefficient (Wildman–Crippen LogP) is 3.90. The van der Waals surface area contributed by atoms with Gasteiger partial charge in [-0.3, -0.25) is 9.59 Å². The Bertz CT molecular complexity index is 1510. The standard InChI is InChI=1S/C26H32N8O2S/c1-5-27-20(35)12-18-14(3)37-26(29-18)31-23-21-22(32(4)13-28-21)17-11-19(33(6-2)24(17)30-23)25(36)34(15-7-8-15)16-9-10-16/h11,13,15-16H,5-10,12H2,1-4H3,(H,27,35)(H,29,30,31). The Morgan fingerprint density at radius 2 is 1.89 bits per heavy atom. The van der Waals surface area contributed by atoms with E-state index in [1.54, 1.807) is 6.33 Å². The van der Waals surface area contributed by atoms with E-state index in [0.29, 0.717) is 41.8 Å². The second kappa shape index (κ2) is 9.13. The van der Waals surface area contributed by atoms with Gasteiger partial charge >= 0.3 is 0 Å². The van der Waals surface area contributed by atoms with Crippen molar-refractivity contribution in [2.45, 2.75) is 71.5 Å². The molecular weight excluding hydrogens is 488 g/mol. The lowest BCUT2D eigenvalue weighted by Gasteiger charge is -2.22. The third-order valence-corrected chi connectivity index (χ3v) is 8.10. The van der Waals surface area contributed by atoms with Crippen molar-refractivity contribution in [3.8, 4) is 0 Å². The Morgan fingerprint density at radius 3 is 2.54 bits per heavy atom. The normalized spacial score (nSPS) is 15.5. The van der Waals surface area contributed by atoms with Gasteiger partial charge in [0.15, 0.2) is 10.9 Å². The molecule has 0 radical (unpaired) electrons. The molecule has 0 aromatic carbocycles. The van der Waals surface area contributed by atoms with Crippen LogP contribution in [0.4, 0.5) is 10.9 Å². The molecule has 10 nitrogen and oxygen atoms in total. The molecule has 4 aromatic rings. The van der Waals surface area contributed by atoms with E-state index in [1.807, 2.05) is 36.1 Å². The SMILES string of the molecule is CCNC(=O)Cc1nc(Nc2nc3c(cc(C(=O)N(C4CC4)C4CC4)n3CC)c3c2ncn3C)sc1C. The van der Waals surface area contributed by atoms with E-state index in [9.17, 15) is 9.59 Å². The molecule has 6 rings (SSSR count). The number of carbonyl (C=O) groups is 2. The van der Waals surface area contributed by atoms with Crippen LogP contribution in [0.15, 0.2) is 12.4 Å². The van der Waals surface area contributed by atoms with Gasteiger partial charge in [-0.2, -0.15) is 0 Å². The van der Waals surface area contributed by atoms with Crippen LogP contribution in [0.3, 0.4) is 0 Å². The minimum Gasteiger partial charge on any atom is -0.356 e. The second-order valence-electron chi connectivity index (χ2n) is 9.98. The Hall–Kier alpha value is -3.47. The first-order valence-corrected chi connectivity index (χ1v) is 13.9. The smallest absolute Gasteiger partial charge is 0.271 e. The van der Waals surface area contributed by atoms with Crippen molar-refractivity contribution < 1.29 is 9.59 Å². The summed E-state index contributed by atoms with van der Waals surface area (Å²) in [6, 6.07) is 2.76. The first-order valence-electron chi connectivity index (χ1n) is 13.1. The van der Waals surface area contributed by atoms with Crippen molar-refractivity contribution >= 4 is 56.2 Å². The van der Waals surface area contributed by atoms with Crippen LogP contribution in [-0.4, -0.2) is 59.4 Å². The lowest BCUT2D eigenvalue weighted by Crippen LogP contribution is -2.36. The van der Waals surface area contributed by atoms with E-state index in [4.69, 9.17) is 4.98 Å². The summed E-state index contributed by atoms with van der Waals surface area (Å²) in [5.41, 5.74) is 3.85. The number of nitrogens with zero attached hydrogens (tertiary/aromatic N) is 6. The first-order chi connectivity index (χ1) is 17.9. The molecule has 0 atom stereocenters. The van der Waals surface area contributed by atoms with E-state index >= 15 is 0 Å². The van der Waals surface area contributed by atoms with Crippen LogP contribution in [0, 0.1) is 6.92 Å². The highest BCUT2D eigenvalue weighted by Gasteiger charge is 2.43. The molecule has 2 aliphatic carbocycles. The van der Waals surface area contributed by atoms with E-state index in [-0.39, 0.29) is 18.2 Å². The minimum atomic E-state index is -0.0430. The number of likely N-dealkylation sites (N-methyl/N-ethyl adjacent to an activating group) is 1. The van der Waals surface area contributed by atoms with Crippen LogP contribution in [-0.2, 0) is 24.8 Å². The molecule has 2 aliphatic rings. The van der Waals surface area contributed by atoms with Crippen molar-refractivity contribution in [3.63, 3.8) is 0 Å². The molecule has 0 aliphatic heterocycles. The maximum absolute atomic E-state index is 13.8. The molecule has 0 spiro atoms. The molecule has 2 saturated carbocycles. The number of amides is 2. The number of aromatic nitrogens is 5. The van der Waals surface area contributed by atoms with E-state index < -0.39 is 0 Å². The van der Waals surface area contributed by atoms with Gasteiger partial charge in [-0.25, -0.2) is 15.0 Å². The third kappa shape index (κ3) is 4.24. The van der Waals surface area contributed by atoms with Gasteiger partial charge in [-0.15, -0.1) is 11.3 Å². The summed E-state index contributed by atoms with van der Waals surface area (Å²) < 4.78 is 4.01. The Kier molecular flexibility index (Phi) is 5.89. The first kappa shape index (κ1) is 23.9. The molecular formula is C26H32N8O2S. The number of nitrogens with one attached hydrogen (secondary N) is 2. The summed E-state index contributed by atoms with van der Waals surface area (Å²) in [7, 11) is 1.96. The fourth-order valence-electron chi connectivity index (χ4n) is 5.12. The van der Waals surface area contributed by atoms with E-state index in [1.165, 1.54) is 11.3 Å². The highest BCUT2D eigenvalue weighted by atomic mass is 32.1. The number of aryl methyl sites for hydroxylation is 3.